The Morgan fingerprint density at radius 2 is 2.22 bits per heavy atom. The van der Waals surface area contributed by atoms with E-state index in [9.17, 15) is 9.18 Å². The van der Waals surface area contributed by atoms with E-state index in [1.54, 1.807) is 19.2 Å². The number of nitrogens with zero attached hydrogens (tertiary/aromatic N) is 2. The molecule has 1 N–H and O–H groups in total. The molecule has 0 aliphatic carbocycles. The van der Waals surface area contributed by atoms with Crippen LogP contribution in [0.1, 0.15) is 18.5 Å². The number of hydrogen-bond acceptors (Lipinski definition) is 2. The molecule has 18 heavy (non-hydrogen) atoms. The van der Waals surface area contributed by atoms with Crippen molar-refractivity contribution in [2.75, 3.05) is 0 Å². The van der Waals surface area contributed by atoms with Gasteiger partial charge < -0.3 is 5.11 Å². The molecule has 0 aliphatic heterocycles. The maximum Gasteiger partial charge on any atom is 0.312 e. The zero-order chi connectivity index (χ0) is 13.3. The summed E-state index contributed by atoms with van der Waals surface area (Å²) in [5.41, 5.74) is 1.01. The molecule has 2 rings (SSSR count). The van der Waals surface area contributed by atoms with Gasteiger partial charge in [0.25, 0.3) is 0 Å². The minimum absolute atomic E-state index is 0.00386. The van der Waals surface area contributed by atoms with Crippen LogP contribution < -0.4 is 0 Å². The van der Waals surface area contributed by atoms with Crippen LogP contribution in [0.2, 0.25) is 5.02 Å². The fourth-order valence-electron chi connectivity index (χ4n) is 1.47. The number of carboxylic acids is 1. The Morgan fingerprint density at radius 1 is 1.50 bits per heavy atom. The Morgan fingerprint density at radius 3 is 2.83 bits per heavy atom. The van der Waals surface area contributed by atoms with Crippen LogP contribution in [0.5, 0.6) is 0 Å². The van der Waals surface area contributed by atoms with E-state index in [4.69, 9.17) is 16.7 Å². The van der Waals surface area contributed by atoms with E-state index in [0.29, 0.717) is 11.4 Å². The Labute approximate surface area is 108 Å². The second-order valence-corrected chi connectivity index (χ2v) is 4.25. The van der Waals surface area contributed by atoms with E-state index in [2.05, 4.69) is 5.10 Å². The van der Waals surface area contributed by atoms with Gasteiger partial charge in [-0.1, -0.05) is 11.6 Å². The van der Waals surface area contributed by atoms with Gasteiger partial charge in [0, 0.05) is 6.20 Å². The minimum Gasteiger partial charge on any atom is -0.481 e. The first-order valence-electron chi connectivity index (χ1n) is 5.23. The highest BCUT2D eigenvalue weighted by Crippen LogP contribution is 2.20. The van der Waals surface area contributed by atoms with Gasteiger partial charge in [0.05, 0.1) is 22.3 Å². The summed E-state index contributed by atoms with van der Waals surface area (Å²) in [7, 11) is 0. The van der Waals surface area contributed by atoms with Crippen molar-refractivity contribution in [2.45, 2.75) is 12.8 Å². The topological polar surface area (TPSA) is 55.1 Å². The molecule has 0 bridgehead atoms. The number of carboxylic acid groups (broad SMARTS) is 1. The van der Waals surface area contributed by atoms with Crippen molar-refractivity contribution < 1.29 is 14.3 Å². The predicted octanol–water partition coefficient (Wildman–Crippen LogP) is 2.85. The molecule has 0 aliphatic rings. The molecular formula is C12H10ClFN2O2. The van der Waals surface area contributed by atoms with E-state index >= 15 is 0 Å². The van der Waals surface area contributed by atoms with Crippen molar-refractivity contribution >= 4 is 17.6 Å². The third kappa shape index (κ3) is 2.36. The molecule has 0 amide bonds. The molecule has 0 radical (unpaired) electrons. The third-order valence-corrected chi connectivity index (χ3v) is 2.88. The number of halogens is 2. The lowest BCUT2D eigenvalue weighted by atomic mass is 10.1. The summed E-state index contributed by atoms with van der Waals surface area (Å²) >= 11 is 5.67. The Hall–Kier alpha value is -1.88. The summed E-state index contributed by atoms with van der Waals surface area (Å²) < 4.78 is 14.5. The van der Waals surface area contributed by atoms with Crippen molar-refractivity contribution in [1.82, 2.24) is 9.78 Å². The molecule has 0 saturated heterocycles. The lowest BCUT2D eigenvalue weighted by Crippen LogP contribution is -2.08. The zero-order valence-electron chi connectivity index (χ0n) is 9.47. The van der Waals surface area contributed by atoms with E-state index < -0.39 is 17.7 Å². The molecule has 4 nitrogen and oxygen atoms in total. The lowest BCUT2D eigenvalue weighted by Gasteiger charge is -2.04. The van der Waals surface area contributed by atoms with Crippen LogP contribution in [0.4, 0.5) is 4.39 Å². The lowest BCUT2D eigenvalue weighted by molar-refractivity contribution is -0.138. The average Bonchev–Trinajstić information content (AvgIpc) is 2.81. The summed E-state index contributed by atoms with van der Waals surface area (Å²) in [6.45, 7) is 1.55. The van der Waals surface area contributed by atoms with Gasteiger partial charge in [-0.25, -0.2) is 9.07 Å². The summed E-state index contributed by atoms with van der Waals surface area (Å²) in [4.78, 5) is 10.8. The van der Waals surface area contributed by atoms with Crippen molar-refractivity contribution in [1.29, 1.82) is 0 Å². The van der Waals surface area contributed by atoms with Crippen molar-refractivity contribution in [2.24, 2.45) is 0 Å². The maximum absolute atomic E-state index is 13.0. The SMILES string of the molecule is CC(C(=O)O)c1ccn(-c2ccc(F)c(Cl)c2)n1. The highest BCUT2D eigenvalue weighted by Gasteiger charge is 2.16. The van der Waals surface area contributed by atoms with Crippen LogP contribution in [0.3, 0.4) is 0 Å². The number of carbonyl (C=O) groups is 1. The van der Waals surface area contributed by atoms with Crippen LogP contribution in [0.25, 0.3) is 5.69 Å². The predicted molar refractivity (Wildman–Crippen MR) is 64.6 cm³/mol. The largest absolute Gasteiger partial charge is 0.481 e. The Balaban J connectivity index is 2.35. The average molecular weight is 269 g/mol. The number of aromatic nitrogens is 2. The Kier molecular flexibility index (Phi) is 3.34. The van der Waals surface area contributed by atoms with Crippen molar-refractivity contribution in [3.63, 3.8) is 0 Å². The van der Waals surface area contributed by atoms with Gasteiger partial charge in [0.2, 0.25) is 0 Å². The fraction of sp³-hybridized carbons (Fsp3) is 0.167. The van der Waals surface area contributed by atoms with E-state index in [1.165, 1.54) is 22.9 Å². The molecule has 0 saturated carbocycles. The zero-order valence-corrected chi connectivity index (χ0v) is 10.2. The molecule has 1 aromatic heterocycles. The first kappa shape index (κ1) is 12.6. The molecule has 0 fully saturated rings. The fourth-order valence-corrected chi connectivity index (χ4v) is 1.64. The first-order chi connectivity index (χ1) is 8.49. The summed E-state index contributed by atoms with van der Waals surface area (Å²) in [5, 5.41) is 13.0. The highest BCUT2D eigenvalue weighted by atomic mass is 35.5. The smallest absolute Gasteiger partial charge is 0.312 e. The third-order valence-electron chi connectivity index (χ3n) is 2.59. The molecular weight excluding hydrogens is 259 g/mol. The van der Waals surface area contributed by atoms with E-state index in [0.717, 1.165) is 0 Å². The van der Waals surface area contributed by atoms with Crippen molar-refractivity contribution in [3.8, 4) is 5.69 Å². The van der Waals surface area contributed by atoms with Crippen LogP contribution >= 0.6 is 11.6 Å². The van der Waals surface area contributed by atoms with Gasteiger partial charge in [0.1, 0.15) is 5.82 Å². The standard InChI is InChI=1S/C12H10ClFN2O2/c1-7(12(17)18)11-4-5-16(15-11)8-2-3-10(14)9(13)6-8/h2-7H,1H3,(H,17,18). The van der Waals surface area contributed by atoms with Crippen LogP contribution in [-0.2, 0) is 4.79 Å². The number of hydrogen-bond donors (Lipinski definition) is 1. The van der Waals surface area contributed by atoms with Gasteiger partial charge in [-0.3, -0.25) is 4.79 Å². The second-order valence-electron chi connectivity index (χ2n) is 3.84. The molecule has 6 heteroatoms. The summed E-state index contributed by atoms with van der Waals surface area (Å²) in [6.07, 6.45) is 1.61. The van der Waals surface area contributed by atoms with Crippen LogP contribution in [-0.4, -0.2) is 20.9 Å². The van der Waals surface area contributed by atoms with Gasteiger partial charge in [-0.05, 0) is 31.2 Å². The van der Waals surface area contributed by atoms with Gasteiger partial charge >= 0.3 is 5.97 Å². The molecule has 1 heterocycles. The normalized spacial score (nSPS) is 12.4. The first-order valence-corrected chi connectivity index (χ1v) is 5.60. The second kappa shape index (κ2) is 4.78. The Bertz CT molecular complexity index is 598. The summed E-state index contributed by atoms with van der Waals surface area (Å²) in [6, 6.07) is 5.79. The monoisotopic (exact) mass is 268 g/mol. The number of aliphatic carboxylic acids is 1. The van der Waals surface area contributed by atoms with Crippen LogP contribution in [0, 0.1) is 5.82 Å². The quantitative estimate of drug-likeness (QED) is 0.931. The van der Waals surface area contributed by atoms with E-state index in [1.807, 2.05) is 0 Å². The van der Waals surface area contributed by atoms with Gasteiger partial charge in [0.15, 0.2) is 0 Å². The molecule has 94 valence electrons. The van der Waals surface area contributed by atoms with Crippen LogP contribution in [0.15, 0.2) is 30.5 Å². The molecule has 1 atom stereocenters. The summed E-state index contributed by atoms with van der Waals surface area (Å²) in [5.74, 6) is -2.15. The van der Waals surface area contributed by atoms with E-state index in [-0.39, 0.29) is 5.02 Å². The molecule has 1 aromatic carbocycles. The van der Waals surface area contributed by atoms with Crippen molar-refractivity contribution in [3.05, 3.63) is 47.0 Å². The maximum atomic E-state index is 13.0. The molecule has 1 unspecified atom stereocenters. The number of benzene rings is 1. The minimum atomic E-state index is -0.947. The molecule has 2 aromatic rings. The van der Waals surface area contributed by atoms with Gasteiger partial charge in [-0.2, -0.15) is 5.10 Å². The molecule has 0 spiro atoms. The highest BCUT2D eigenvalue weighted by molar-refractivity contribution is 6.30. The number of rotatable bonds is 3. The van der Waals surface area contributed by atoms with Gasteiger partial charge in [-0.15, -0.1) is 0 Å².